The minimum absolute atomic E-state index is 0.465. The summed E-state index contributed by atoms with van der Waals surface area (Å²) in [5, 5.41) is 3.29. The zero-order chi connectivity index (χ0) is 11.1. The van der Waals surface area contributed by atoms with Gasteiger partial charge in [-0.1, -0.05) is 12.8 Å². The number of aliphatic imine (C=N–C) groups is 1. The molecule has 0 aromatic heterocycles. The molecule has 1 N–H and O–H groups in total. The van der Waals surface area contributed by atoms with Crippen molar-refractivity contribution in [2.45, 2.75) is 26.7 Å². The third-order valence-corrected chi connectivity index (χ3v) is 2.61. The fourth-order valence-electron chi connectivity index (χ4n) is 1.93. The SMILES string of the molecule is C#CCN=C(NCC)N1CCCC(C)C1. The molecule has 1 unspecified atom stereocenters. The van der Waals surface area contributed by atoms with E-state index >= 15 is 0 Å². The number of guanidine groups is 1. The number of likely N-dealkylation sites (tertiary alicyclic amines) is 1. The van der Waals surface area contributed by atoms with Gasteiger partial charge in [0.15, 0.2) is 5.96 Å². The van der Waals surface area contributed by atoms with Gasteiger partial charge in [-0.15, -0.1) is 6.42 Å². The van der Waals surface area contributed by atoms with Gasteiger partial charge in [0.2, 0.25) is 0 Å². The lowest BCUT2D eigenvalue weighted by Gasteiger charge is -2.33. The largest absolute Gasteiger partial charge is 0.356 e. The van der Waals surface area contributed by atoms with Gasteiger partial charge >= 0.3 is 0 Å². The summed E-state index contributed by atoms with van der Waals surface area (Å²) in [7, 11) is 0. The maximum atomic E-state index is 5.23. The van der Waals surface area contributed by atoms with Gasteiger partial charge in [0.25, 0.3) is 0 Å². The van der Waals surface area contributed by atoms with Crippen molar-refractivity contribution in [1.29, 1.82) is 0 Å². The molecule has 1 heterocycles. The molecule has 1 atom stereocenters. The Morgan fingerprint density at radius 3 is 3.07 bits per heavy atom. The highest BCUT2D eigenvalue weighted by atomic mass is 15.3. The fourth-order valence-corrected chi connectivity index (χ4v) is 1.93. The molecule has 0 amide bonds. The van der Waals surface area contributed by atoms with Gasteiger partial charge in [0.05, 0.1) is 0 Å². The molecule has 15 heavy (non-hydrogen) atoms. The number of hydrogen-bond donors (Lipinski definition) is 1. The average molecular weight is 207 g/mol. The third kappa shape index (κ3) is 3.83. The summed E-state index contributed by atoms with van der Waals surface area (Å²) in [4.78, 5) is 6.70. The van der Waals surface area contributed by atoms with Gasteiger partial charge in [-0.3, -0.25) is 0 Å². The van der Waals surface area contributed by atoms with Crippen LogP contribution < -0.4 is 5.32 Å². The third-order valence-electron chi connectivity index (χ3n) is 2.61. The molecule has 84 valence electrons. The van der Waals surface area contributed by atoms with Crippen molar-refractivity contribution in [3.63, 3.8) is 0 Å². The molecule has 1 saturated heterocycles. The van der Waals surface area contributed by atoms with Crippen LogP contribution in [-0.2, 0) is 0 Å². The van der Waals surface area contributed by atoms with Crippen LogP contribution in [-0.4, -0.2) is 37.0 Å². The van der Waals surface area contributed by atoms with Crippen LogP contribution in [0.4, 0.5) is 0 Å². The van der Waals surface area contributed by atoms with Crippen molar-refractivity contribution in [2.75, 3.05) is 26.2 Å². The van der Waals surface area contributed by atoms with Crippen LogP contribution in [0.1, 0.15) is 26.7 Å². The molecule has 1 fully saturated rings. The van der Waals surface area contributed by atoms with Crippen molar-refractivity contribution in [3.05, 3.63) is 0 Å². The molecule has 0 aromatic rings. The second-order valence-electron chi connectivity index (χ2n) is 4.07. The van der Waals surface area contributed by atoms with Gasteiger partial charge in [0.1, 0.15) is 6.54 Å². The number of rotatable bonds is 2. The normalized spacial score (nSPS) is 22.3. The van der Waals surface area contributed by atoms with E-state index in [2.05, 4.69) is 35.0 Å². The summed E-state index contributed by atoms with van der Waals surface area (Å²) in [6.45, 7) is 7.92. The Hall–Kier alpha value is -1.17. The first-order chi connectivity index (χ1) is 7.27. The van der Waals surface area contributed by atoms with Crippen molar-refractivity contribution in [2.24, 2.45) is 10.9 Å². The Bertz CT molecular complexity index is 252. The first-order valence-corrected chi connectivity index (χ1v) is 5.74. The second kappa shape index (κ2) is 6.34. The van der Waals surface area contributed by atoms with E-state index in [1.807, 2.05) is 0 Å². The maximum absolute atomic E-state index is 5.23. The van der Waals surface area contributed by atoms with Crippen molar-refractivity contribution < 1.29 is 0 Å². The maximum Gasteiger partial charge on any atom is 0.194 e. The fraction of sp³-hybridized carbons (Fsp3) is 0.750. The molecular weight excluding hydrogens is 186 g/mol. The van der Waals surface area contributed by atoms with Crippen LogP contribution in [0.3, 0.4) is 0 Å². The smallest absolute Gasteiger partial charge is 0.194 e. The molecule has 3 nitrogen and oxygen atoms in total. The number of piperidine rings is 1. The molecule has 0 bridgehead atoms. The topological polar surface area (TPSA) is 27.6 Å². The highest BCUT2D eigenvalue weighted by Crippen LogP contribution is 2.15. The van der Waals surface area contributed by atoms with Crippen LogP contribution in [0.2, 0.25) is 0 Å². The summed E-state index contributed by atoms with van der Waals surface area (Å²) in [6.07, 6.45) is 7.80. The molecular formula is C12H21N3. The average Bonchev–Trinajstić information content (AvgIpc) is 2.24. The molecule has 3 heteroatoms. The number of terminal acetylenes is 1. The summed E-state index contributed by atoms with van der Waals surface area (Å²) in [5.41, 5.74) is 0. The lowest BCUT2D eigenvalue weighted by Crippen LogP contribution is -2.46. The van der Waals surface area contributed by atoms with E-state index in [1.54, 1.807) is 0 Å². The number of nitrogens with one attached hydrogen (secondary N) is 1. The zero-order valence-electron chi connectivity index (χ0n) is 9.79. The van der Waals surface area contributed by atoms with E-state index in [1.165, 1.54) is 12.8 Å². The highest BCUT2D eigenvalue weighted by molar-refractivity contribution is 5.80. The first-order valence-electron chi connectivity index (χ1n) is 5.74. The Morgan fingerprint density at radius 1 is 1.67 bits per heavy atom. The van der Waals surface area contributed by atoms with Crippen molar-refractivity contribution >= 4 is 5.96 Å². The molecule has 1 aliphatic heterocycles. The standard InChI is InChI=1S/C12H21N3/c1-4-8-14-12(13-5-2)15-9-6-7-11(3)10-15/h1,11H,5-10H2,2-3H3,(H,13,14). The molecule has 1 rings (SSSR count). The predicted octanol–water partition coefficient (Wildman–Crippen LogP) is 1.32. The molecule has 0 spiro atoms. The van der Waals surface area contributed by atoms with Crippen molar-refractivity contribution in [1.82, 2.24) is 10.2 Å². The van der Waals surface area contributed by atoms with E-state index in [0.717, 1.165) is 31.5 Å². The number of nitrogens with zero attached hydrogens (tertiary/aromatic N) is 2. The Morgan fingerprint density at radius 2 is 2.47 bits per heavy atom. The quantitative estimate of drug-likeness (QED) is 0.420. The molecule has 0 radical (unpaired) electrons. The molecule has 0 aromatic carbocycles. The van der Waals surface area contributed by atoms with Crippen LogP contribution >= 0.6 is 0 Å². The minimum Gasteiger partial charge on any atom is -0.356 e. The van der Waals surface area contributed by atoms with Gasteiger partial charge < -0.3 is 10.2 Å². The van der Waals surface area contributed by atoms with Gasteiger partial charge in [-0.25, -0.2) is 4.99 Å². The summed E-state index contributed by atoms with van der Waals surface area (Å²) in [5.74, 6) is 4.28. The summed E-state index contributed by atoms with van der Waals surface area (Å²) >= 11 is 0. The second-order valence-corrected chi connectivity index (χ2v) is 4.07. The van der Waals surface area contributed by atoms with Crippen LogP contribution in [0.15, 0.2) is 4.99 Å². The van der Waals surface area contributed by atoms with Crippen LogP contribution in [0, 0.1) is 18.3 Å². The Labute approximate surface area is 93.0 Å². The van der Waals surface area contributed by atoms with E-state index < -0.39 is 0 Å². The van der Waals surface area contributed by atoms with Crippen molar-refractivity contribution in [3.8, 4) is 12.3 Å². The molecule has 0 saturated carbocycles. The summed E-state index contributed by atoms with van der Waals surface area (Å²) in [6, 6.07) is 0. The van der Waals surface area contributed by atoms with E-state index in [9.17, 15) is 0 Å². The highest BCUT2D eigenvalue weighted by Gasteiger charge is 2.18. The van der Waals surface area contributed by atoms with E-state index in [0.29, 0.717) is 6.54 Å². The van der Waals surface area contributed by atoms with E-state index in [-0.39, 0.29) is 0 Å². The predicted molar refractivity (Wildman–Crippen MR) is 64.8 cm³/mol. The van der Waals surface area contributed by atoms with Gasteiger partial charge in [-0.05, 0) is 25.7 Å². The Kier molecular flexibility index (Phi) is 5.03. The Balaban J connectivity index is 2.58. The summed E-state index contributed by atoms with van der Waals surface area (Å²) < 4.78 is 0. The number of hydrogen-bond acceptors (Lipinski definition) is 1. The van der Waals surface area contributed by atoms with Gasteiger partial charge in [0, 0.05) is 19.6 Å². The monoisotopic (exact) mass is 207 g/mol. The lowest BCUT2D eigenvalue weighted by molar-refractivity contribution is 0.266. The van der Waals surface area contributed by atoms with Gasteiger partial charge in [-0.2, -0.15) is 0 Å². The van der Waals surface area contributed by atoms with E-state index in [4.69, 9.17) is 6.42 Å². The van der Waals surface area contributed by atoms with Crippen LogP contribution in [0.25, 0.3) is 0 Å². The lowest BCUT2D eigenvalue weighted by atomic mass is 10.0. The molecule has 0 aliphatic carbocycles. The minimum atomic E-state index is 0.465. The first kappa shape index (κ1) is 11.9. The van der Waals surface area contributed by atoms with Crippen LogP contribution in [0.5, 0.6) is 0 Å². The molecule has 1 aliphatic rings. The zero-order valence-corrected chi connectivity index (χ0v) is 9.79.